The fourth-order valence-corrected chi connectivity index (χ4v) is 4.31. The van der Waals surface area contributed by atoms with Gasteiger partial charge in [0.05, 0.1) is 17.1 Å². The molecule has 4 aromatic rings. The van der Waals surface area contributed by atoms with Gasteiger partial charge in [-0.15, -0.1) is 0 Å². The van der Waals surface area contributed by atoms with Gasteiger partial charge in [0, 0.05) is 35.9 Å². The topological polar surface area (TPSA) is 63.0 Å². The van der Waals surface area contributed by atoms with Crippen LogP contribution in [0.25, 0.3) is 10.9 Å². The number of carbonyl (C=O) groups is 1. The average molecular weight is 467 g/mol. The van der Waals surface area contributed by atoms with E-state index in [0.717, 1.165) is 34.9 Å². The minimum Gasteiger partial charge on any atom is -0.485 e. The molecule has 0 amide bonds. The number of rotatable bonds is 10. The van der Waals surface area contributed by atoms with Crippen LogP contribution < -0.4 is 4.74 Å². The summed E-state index contributed by atoms with van der Waals surface area (Å²) >= 11 is 0. The molecular formula is C30H27FN2O2. The normalized spacial score (nSPS) is 12.6. The number of halogens is 1. The zero-order chi connectivity index (χ0) is 24.6. The van der Waals surface area contributed by atoms with Crippen molar-refractivity contribution in [2.75, 3.05) is 0 Å². The zero-order valence-corrected chi connectivity index (χ0v) is 19.7. The molecule has 3 aromatic carbocycles. The van der Waals surface area contributed by atoms with Crippen LogP contribution in [0.5, 0.6) is 5.75 Å². The fraction of sp³-hybridized carbons (Fsp3) is 0.233. The predicted molar refractivity (Wildman–Crippen MR) is 135 cm³/mol. The second kappa shape index (κ2) is 11.4. The Labute approximate surface area is 205 Å². The van der Waals surface area contributed by atoms with E-state index in [2.05, 4.69) is 18.0 Å². The Morgan fingerprint density at radius 2 is 1.77 bits per heavy atom. The number of para-hydroxylation sites is 1. The number of nitrogens with zero attached hydrogens (tertiary/aromatic N) is 2. The Balaban J connectivity index is 1.83. The SMILES string of the molecule is CCCCC(=O)C[C@H](c1ccc(F)cc1)[C@H](Oc1ccc(C#N)cc1)c1ccnc2ccccc12. The number of ether oxygens (including phenoxy) is 1. The number of fused-ring (bicyclic) bond motifs is 1. The number of Topliss-reactive ketones (excluding diaryl/α,β-unsaturated/α-hetero) is 1. The van der Waals surface area contributed by atoms with Crippen molar-refractivity contribution in [1.29, 1.82) is 5.26 Å². The highest BCUT2D eigenvalue weighted by Gasteiger charge is 2.30. The van der Waals surface area contributed by atoms with Gasteiger partial charge in [-0.25, -0.2) is 4.39 Å². The van der Waals surface area contributed by atoms with Crippen molar-refractivity contribution >= 4 is 16.7 Å². The molecule has 0 unspecified atom stereocenters. The average Bonchev–Trinajstić information content (AvgIpc) is 2.90. The number of benzene rings is 3. The molecule has 1 aromatic heterocycles. The molecule has 0 spiro atoms. The summed E-state index contributed by atoms with van der Waals surface area (Å²) in [5.74, 6) is 0.0566. The summed E-state index contributed by atoms with van der Waals surface area (Å²) in [6.45, 7) is 2.06. The fourth-order valence-electron chi connectivity index (χ4n) is 4.31. The first-order valence-electron chi connectivity index (χ1n) is 11.9. The lowest BCUT2D eigenvalue weighted by molar-refractivity contribution is -0.120. The van der Waals surface area contributed by atoms with E-state index in [4.69, 9.17) is 4.74 Å². The van der Waals surface area contributed by atoms with Crippen LogP contribution in [0.4, 0.5) is 4.39 Å². The number of aromatic nitrogens is 1. The summed E-state index contributed by atoms with van der Waals surface area (Å²) in [6, 6.07) is 25.1. The number of hydrogen-bond donors (Lipinski definition) is 0. The van der Waals surface area contributed by atoms with Crippen molar-refractivity contribution in [3.8, 4) is 11.8 Å². The van der Waals surface area contributed by atoms with Gasteiger partial charge < -0.3 is 4.74 Å². The van der Waals surface area contributed by atoms with Crippen molar-refractivity contribution in [3.63, 3.8) is 0 Å². The van der Waals surface area contributed by atoms with Crippen LogP contribution >= 0.6 is 0 Å². The molecule has 0 radical (unpaired) electrons. The molecule has 4 rings (SSSR count). The summed E-state index contributed by atoms with van der Waals surface area (Å²) < 4.78 is 20.4. The van der Waals surface area contributed by atoms with Crippen LogP contribution in [-0.2, 0) is 4.79 Å². The smallest absolute Gasteiger partial charge is 0.133 e. The van der Waals surface area contributed by atoms with Gasteiger partial charge in [0.25, 0.3) is 0 Å². The molecule has 0 N–H and O–H groups in total. The summed E-state index contributed by atoms with van der Waals surface area (Å²) in [5.41, 5.74) is 3.09. The number of ketones is 1. The molecule has 35 heavy (non-hydrogen) atoms. The van der Waals surface area contributed by atoms with Crippen molar-refractivity contribution in [2.45, 2.75) is 44.6 Å². The second-order valence-corrected chi connectivity index (χ2v) is 8.60. The number of pyridine rings is 1. The lowest BCUT2D eigenvalue weighted by atomic mass is 9.83. The zero-order valence-electron chi connectivity index (χ0n) is 19.7. The Morgan fingerprint density at radius 1 is 1.03 bits per heavy atom. The number of carbonyl (C=O) groups excluding carboxylic acids is 1. The van der Waals surface area contributed by atoms with Gasteiger partial charge in [-0.05, 0) is 60.5 Å². The first kappa shape index (κ1) is 24.1. The summed E-state index contributed by atoms with van der Waals surface area (Å²) in [5, 5.41) is 10.1. The van der Waals surface area contributed by atoms with E-state index in [1.165, 1.54) is 12.1 Å². The molecule has 4 nitrogen and oxygen atoms in total. The van der Waals surface area contributed by atoms with Gasteiger partial charge in [0.1, 0.15) is 23.5 Å². The molecule has 0 saturated carbocycles. The van der Waals surface area contributed by atoms with E-state index in [-0.39, 0.29) is 23.9 Å². The van der Waals surface area contributed by atoms with Gasteiger partial charge in [-0.2, -0.15) is 5.26 Å². The van der Waals surface area contributed by atoms with E-state index in [0.29, 0.717) is 17.7 Å². The maximum atomic E-state index is 13.8. The first-order valence-corrected chi connectivity index (χ1v) is 11.9. The number of hydrogen-bond acceptors (Lipinski definition) is 4. The molecule has 0 aliphatic heterocycles. The van der Waals surface area contributed by atoms with E-state index in [1.54, 1.807) is 42.6 Å². The summed E-state index contributed by atoms with van der Waals surface area (Å²) in [4.78, 5) is 17.5. The van der Waals surface area contributed by atoms with Crippen LogP contribution in [0, 0.1) is 17.1 Å². The van der Waals surface area contributed by atoms with E-state index in [9.17, 15) is 14.4 Å². The third-order valence-corrected chi connectivity index (χ3v) is 6.16. The molecule has 176 valence electrons. The minimum absolute atomic E-state index is 0.146. The lowest BCUT2D eigenvalue weighted by Gasteiger charge is -2.29. The molecule has 1 heterocycles. The van der Waals surface area contributed by atoms with Crippen LogP contribution in [0.3, 0.4) is 0 Å². The van der Waals surface area contributed by atoms with Gasteiger partial charge in [0.2, 0.25) is 0 Å². The molecule has 0 saturated heterocycles. The van der Waals surface area contributed by atoms with Crippen molar-refractivity contribution < 1.29 is 13.9 Å². The van der Waals surface area contributed by atoms with E-state index in [1.807, 2.05) is 30.3 Å². The second-order valence-electron chi connectivity index (χ2n) is 8.60. The molecular weight excluding hydrogens is 439 g/mol. The molecule has 0 aliphatic carbocycles. The maximum Gasteiger partial charge on any atom is 0.133 e. The largest absolute Gasteiger partial charge is 0.485 e. The summed E-state index contributed by atoms with van der Waals surface area (Å²) in [7, 11) is 0. The van der Waals surface area contributed by atoms with E-state index >= 15 is 0 Å². The highest BCUT2D eigenvalue weighted by Crippen LogP contribution is 2.40. The maximum absolute atomic E-state index is 13.8. The molecule has 0 aliphatic rings. The highest BCUT2D eigenvalue weighted by molar-refractivity contribution is 5.83. The third kappa shape index (κ3) is 5.91. The van der Waals surface area contributed by atoms with Crippen molar-refractivity contribution in [1.82, 2.24) is 4.98 Å². The monoisotopic (exact) mass is 466 g/mol. The van der Waals surface area contributed by atoms with Crippen LogP contribution in [-0.4, -0.2) is 10.8 Å². The van der Waals surface area contributed by atoms with Gasteiger partial charge in [0.15, 0.2) is 0 Å². The summed E-state index contributed by atoms with van der Waals surface area (Å²) in [6.07, 6.45) is 3.74. The Hall–Kier alpha value is -4.04. The molecule has 0 fully saturated rings. The van der Waals surface area contributed by atoms with E-state index < -0.39 is 6.10 Å². The van der Waals surface area contributed by atoms with Gasteiger partial charge in [-0.1, -0.05) is 43.7 Å². The molecule has 0 bridgehead atoms. The Bertz CT molecular complexity index is 1320. The predicted octanol–water partition coefficient (Wildman–Crippen LogP) is 7.30. The number of nitriles is 1. The Kier molecular flexibility index (Phi) is 7.84. The quantitative estimate of drug-likeness (QED) is 0.246. The van der Waals surface area contributed by atoms with Gasteiger partial charge >= 0.3 is 0 Å². The standard InChI is InChI=1S/C30H27FN2O2/c1-2-3-6-24(34)19-28(22-11-13-23(31)14-12-22)30(35-25-15-9-21(20-32)10-16-25)27-17-18-33-29-8-5-4-7-26(27)29/h4-5,7-18,28,30H,2-3,6,19H2,1H3/t28-,30-/m1/s1. The Morgan fingerprint density at radius 3 is 2.49 bits per heavy atom. The van der Waals surface area contributed by atoms with Crippen molar-refractivity contribution in [3.05, 3.63) is 108 Å². The van der Waals surface area contributed by atoms with Gasteiger partial charge in [-0.3, -0.25) is 9.78 Å². The van der Waals surface area contributed by atoms with Crippen LogP contribution in [0.1, 0.15) is 61.3 Å². The lowest BCUT2D eigenvalue weighted by Crippen LogP contribution is -2.21. The first-order chi connectivity index (χ1) is 17.1. The molecule has 5 heteroatoms. The minimum atomic E-state index is -0.535. The van der Waals surface area contributed by atoms with Crippen LogP contribution in [0.2, 0.25) is 0 Å². The molecule has 2 atom stereocenters. The number of unbranched alkanes of at least 4 members (excludes halogenated alkanes) is 1. The van der Waals surface area contributed by atoms with Crippen LogP contribution in [0.15, 0.2) is 85.1 Å². The third-order valence-electron chi connectivity index (χ3n) is 6.16. The highest BCUT2D eigenvalue weighted by atomic mass is 19.1. The van der Waals surface area contributed by atoms with Crippen molar-refractivity contribution in [2.24, 2.45) is 0 Å².